The summed E-state index contributed by atoms with van der Waals surface area (Å²) in [5.74, 6) is 0.0690. The highest BCUT2D eigenvalue weighted by Crippen LogP contribution is 2.46. The first-order valence-electron chi connectivity index (χ1n) is 8.39. The number of carbonyl (C=O) groups is 1. The molecule has 140 valence electrons. The number of nitrogens with zero attached hydrogens (tertiary/aromatic N) is 2. The molecule has 0 saturated heterocycles. The highest BCUT2D eigenvalue weighted by Gasteiger charge is 2.37. The van der Waals surface area contributed by atoms with E-state index in [-0.39, 0.29) is 11.8 Å². The average molecular weight is 386 g/mol. The molecule has 4 rings (SSSR count). The van der Waals surface area contributed by atoms with E-state index in [0.717, 1.165) is 11.3 Å². The van der Waals surface area contributed by atoms with E-state index in [1.165, 1.54) is 11.3 Å². The Kier molecular flexibility index (Phi) is 4.37. The largest absolute Gasteiger partial charge is 0.497 e. The van der Waals surface area contributed by atoms with Crippen LogP contribution in [0.5, 0.6) is 11.5 Å². The van der Waals surface area contributed by atoms with Crippen LogP contribution in [0.1, 0.15) is 36.2 Å². The van der Waals surface area contributed by atoms with Gasteiger partial charge in [0.15, 0.2) is 5.69 Å². The molecule has 3 aromatic rings. The summed E-state index contributed by atoms with van der Waals surface area (Å²) in [6.45, 7) is 3.74. The van der Waals surface area contributed by atoms with Gasteiger partial charge in [0.25, 0.3) is 0 Å². The lowest BCUT2D eigenvalue weighted by Crippen LogP contribution is -2.22. The maximum Gasteiger partial charge on any atom is 0.356 e. The summed E-state index contributed by atoms with van der Waals surface area (Å²) < 4.78 is 18.8. The van der Waals surface area contributed by atoms with Crippen molar-refractivity contribution in [2.45, 2.75) is 26.2 Å². The first-order chi connectivity index (χ1) is 13.0. The number of carboxylic acids is 1. The molecule has 1 atom stereocenters. The molecule has 0 radical (unpaired) electrons. The number of fused-ring (bicyclic) bond motifs is 3. The highest BCUT2D eigenvalue weighted by molar-refractivity contribution is 7.08. The van der Waals surface area contributed by atoms with Crippen LogP contribution in [0.4, 0.5) is 0 Å². The van der Waals surface area contributed by atoms with E-state index in [4.69, 9.17) is 14.2 Å². The number of carboxylic acid groups (broad SMARTS) is 1. The molecule has 0 aliphatic carbocycles. The third-order valence-electron chi connectivity index (χ3n) is 4.18. The number of methoxy groups -OCH3 is 1. The summed E-state index contributed by atoms with van der Waals surface area (Å²) >= 11 is 1.51. The van der Waals surface area contributed by atoms with Gasteiger partial charge in [0, 0.05) is 17.0 Å². The Labute approximate surface area is 159 Å². The van der Waals surface area contributed by atoms with Gasteiger partial charge in [0.2, 0.25) is 6.29 Å². The number of ether oxygens (including phenoxy) is 3. The Morgan fingerprint density at radius 3 is 2.81 bits per heavy atom. The van der Waals surface area contributed by atoms with Crippen LogP contribution in [0.2, 0.25) is 0 Å². The monoisotopic (exact) mass is 386 g/mol. The molecule has 1 aromatic carbocycles. The molecule has 2 aromatic heterocycles. The normalized spacial score (nSPS) is 15.2. The second-order valence-electron chi connectivity index (χ2n) is 6.31. The van der Waals surface area contributed by atoms with Gasteiger partial charge in [-0.25, -0.2) is 9.48 Å². The molecule has 1 aliphatic heterocycles. The maximum atomic E-state index is 11.9. The Bertz CT molecular complexity index is 994. The fraction of sp³-hybridized carbons (Fsp3) is 0.263. The van der Waals surface area contributed by atoms with Gasteiger partial charge in [0.1, 0.15) is 11.5 Å². The summed E-state index contributed by atoms with van der Waals surface area (Å²) in [6, 6.07) is 7.30. The molecule has 0 fully saturated rings. The zero-order valence-corrected chi connectivity index (χ0v) is 15.8. The molecular formula is C19H18N2O5S. The third-order valence-corrected chi connectivity index (χ3v) is 4.86. The lowest BCUT2D eigenvalue weighted by molar-refractivity contribution is -0.113. The maximum absolute atomic E-state index is 11.9. The van der Waals surface area contributed by atoms with Crippen molar-refractivity contribution in [1.29, 1.82) is 0 Å². The van der Waals surface area contributed by atoms with E-state index in [2.05, 4.69) is 5.10 Å². The fourth-order valence-electron chi connectivity index (χ4n) is 3.08. The Morgan fingerprint density at radius 1 is 1.37 bits per heavy atom. The minimum Gasteiger partial charge on any atom is -0.497 e. The molecule has 1 N–H and O–H groups in total. The van der Waals surface area contributed by atoms with E-state index in [1.807, 2.05) is 36.7 Å². The number of hydrogen-bond donors (Lipinski definition) is 1. The van der Waals surface area contributed by atoms with Crippen LogP contribution >= 0.6 is 11.3 Å². The summed E-state index contributed by atoms with van der Waals surface area (Å²) in [4.78, 5) is 11.9. The van der Waals surface area contributed by atoms with Crippen molar-refractivity contribution in [2.75, 3.05) is 7.11 Å². The second-order valence-corrected chi connectivity index (χ2v) is 7.09. The van der Waals surface area contributed by atoms with E-state index in [0.29, 0.717) is 22.8 Å². The topological polar surface area (TPSA) is 82.8 Å². The summed E-state index contributed by atoms with van der Waals surface area (Å²) in [5, 5.41) is 17.9. The van der Waals surface area contributed by atoms with Crippen molar-refractivity contribution in [3.8, 4) is 28.4 Å². The van der Waals surface area contributed by atoms with Crippen LogP contribution in [-0.2, 0) is 4.74 Å². The Balaban J connectivity index is 2.01. The third kappa shape index (κ3) is 2.96. The van der Waals surface area contributed by atoms with Crippen LogP contribution in [0.15, 0.2) is 35.0 Å². The van der Waals surface area contributed by atoms with E-state index in [1.54, 1.807) is 23.9 Å². The number of hydrogen-bond acceptors (Lipinski definition) is 6. The van der Waals surface area contributed by atoms with Gasteiger partial charge in [-0.2, -0.15) is 16.4 Å². The molecule has 0 saturated carbocycles. The Morgan fingerprint density at radius 2 is 2.19 bits per heavy atom. The van der Waals surface area contributed by atoms with Crippen LogP contribution in [0.3, 0.4) is 0 Å². The van der Waals surface area contributed by atoms with Gasteiger partial charge in [-0.3, -0.25) is 0 Å². The number of rotatable bonds is 5. The number of aromatic carboxylic acids is 1. The lowest BCUT2D eigenvalue weighted by atomic mass is 10.0. The van der Waals surface area contributed by atoms with Crippen LogP contribution in [0, 0.1) is 0 Å². The molecule has 7 nitrogen and oxygen atoms in total. The van der Waals surface area contributed by atoms with Crippen molar-refractivity contribution in [3.63, 3.8) is 0 Å². The predicted molar refractivity (Wildman–Crippen MR) is 100.0 cm³/mol. The zero-order valence-electron chi connectivity index (χ0n) is 15.0. The minimum atomic E-state index is -1.13. The average Bonchev–Trinajstić information content (AvgIpc) is 3.28. The minimum absolute atomic E-state index is 0.0803. The van der Waals surface area contributed by atoms with Gasteiger partial charge in [0.05, 0.1) is 30.2 Å². The first-order valence-corrected chi connectivity index (χ1v) is 9.33. The molecule has 0 bridgehead atoms. The van der Waals surface area contributed by atoms with Gasteiger partial charge in [-0.05, 0) is 37.4 Å². The molecular weight excluding hydrogens is 368 g/mol. The van der Waals surface area contributed by atoms with Crippen molar-refractivity contribution in [1.82, 2.24) is 9.78 Å². The molecule has 0 spiro atoms. The summed E-state index contributed by atoms with van der Waals surface area (Å²) in [7, 11) is 1.58. The van der Waals surface area contributed by atoms with Crippen LogP contribution in [-0.4, -0.2) is 34.1 Å². The first kappa shape index (κ1) is 17.6. The fourth-order valence-corrected chi connectivity index (χ4v) is 3.69. The number of thiophene rings is 1. The molecule has 1 unspecified atom stereocenters. The van der Waals surface area contributed by atoms with Crippen molar-refractivity contribution in [3.05, 3.63) is 46.3 Å². The molecule has 8 heteroatoms. The van der Waals surface area contributed by atoms with Gasteiger partial charge in [-0.1, -0.05) is 0 Å². The Hall–Kier alpha value is -2.84. The number of aromatic nitrogens is 2. The van der Waals surface area contributed by atoms with Gasteiger partial charge in [-0.15, -0.1) is 0 Å². The SMILES string of the molecule is COc1ccc2c(c1)OC(OC(C)C)c1c(C(=O)O)nn(-c3ccsc3)c1-2. The van der Waals surface area contributed by atoms with Crippen LogP contribution in [0.25, 0.3) is 16.9 Å². The smallest absolute Gasteiger partial charge is 0.356 e. The zero-order chi connectivity index (χ0) is 19.1. The lowest BCUT2D eigenvalue weighted by Gasteiger charge is -2.28. The predicted octanol–water partition coefficient (Wildman–Crippen LogP) is 4.12. The van der Waals surface area contributed by atoms with Crippen molar-refractivity contribution >= 4 is 17.3 Å². The van der Waals surface area contributed by atoms with E-state index < -0.39 is 12.3 Å². The van der Waals surface area contributed by atoms with Gasteiger partial charge < -0.3 is 19.3 Å². The van der Waals surface area contributed by atoms with E-state index >= 15 is 0 Å². The van der Waals surface area contributed by atoms with Crippen molar-refractivity contribution in [2.24, 2.45) is 0 Å². The van der Waals surface area contributed by atoms with Crippen LogP contribution < -0.4 is 9.47 Å². The quantitative estimate of drug-likeness (QED) is 0.710. The highest BCUT2D eigenvalue weighted by atomic mass is 32.1. The molecule has 1 aliphatic rings. The van der Waals surface area contributed by atoms with E-state index in [9.17, 15) is 9.90 Å². The molecule has 3 heterocycles. The summed E-state index contributed by atoms with van der Waals surface area (Å²) in [5.41, 5.74) is 2.51. The second kappa shape index (κ2) is 6.71. The van der Waals surface area contributed by atoms with Crippen molar-refractivity contribution < 1.29 is 24.1 Å². The molecule has 27 heavy (non-hydrogen) atoms. The number of benzene rings is 1. The standard InChI is InChI=1S/C19H18N2O5S/c1-10(2)25-19-15-16(18(22)23)20-21(11-6-7-27-9-11)17(15)13-5-4-12(24-3)8-14(13)26-19/h4-10,19H,1-3H3,(H,22,23). The molecule has 0 amide bonds. The van der Waals surface area contributed by atoms with Gasteiger partial charge >= 0.3 is 5.97 Å². The summed E-state index contributed by atoms with van der Waals surface area (Å²) in [6.07, 6.45) is -1.04.